The average molecular weight is 327 g/mol. The van der Waals surface area contributed by atoms with E-state index in [-0.39, 0.29) is 11.9 Å². The van der Waals surface area contributed by atoms with Gasteiger partial charge in [-0.1, -0.05) is 6.92 Å². The van der Waals surface area contributed by atoms with E-state index in [4.69, 9.17) is 4.42 Å². The Hall–Kier alpha value is -1.20. The van der Waals surface area contributed by atoms with E-state index in [0.29, 0.717) is 16.1 Å². The highest BCUT2D eigenvalue weighted by atomic mass is 79.9. The van der Waals surface area contributed by atoms with Crippen molar-refractivity contribution in [2.24, 2.45) is 0 Å². The highest BCUT2D eigenvalue weighted by Crippen LogP contribution is 2.27. The maximum absolute atomic E-state index is 13.2. The van der Waals surface area contributed by atoms with Crippen molar-refractivity contribution in [3.63, 3.8) is 0 Å². The summed E-state index contributed by atoms with van der Waals surface area (Å²) >= 11 is 3.16. The Bertz CT molecular complexity index is 556. The van der Waals surface area contributed by atoms with E-state index in [2.05, 4.69) is 33.2 Å². The van der Waals surface area contributed by atoms with Gasteiger partial charge >= 0.3 is 0 Å². The number of nitrogens with one attached hydrogen (secondary N) is 1. The Morgan fingerprint density at radius 3 is 2.95 bits per heavy atom. The molecule has 2 rings (SSSR count). The van der Waals surface area contributed by atoms with Crippen LogP contribution in [0, 0.1) is 5.82 Å². The SMILES string of the molecule is CCCNC(C)c1ncc(-c2ccc(F)c(Br)c2)o1. The number of hydrogen-bond acceptors (Lipinski definition) is 3. The molecule has 0 aliphatic rings. The van der Waals surface area contributed by atoms with Crippen LogP contribution in [-0.2, 0) is 0 Å². The minimum absolute atomic E-state index is 0.0672. The number of halogens is 2. The number of rotatable bonds is 5. The molecule has 2 aromatic rings. The summed E-state index contributed by atoms with van der Waals surface area (Å²) in [6.45, 7) is 5.03. The van der Waals surface area contributed by atoms with Gasteiger partial charge in [-0.3, -0.25) is 0 Å². The predicted molar refractivity (Wildman–Crippen MR) is 76.3 cm³/mol. The lowest BCUT2D eigenvalue weighted by Crippen LogP contribution is -2.19. The standard InChI is InChI=1S/C14H16BrFN2O/c1-3-6-17-9(2)14-18-8-13(19-14)10-4-5-12(16)11(15)7-10/h4-5,7-9,17H,3,6H2,1-2H3. The van der Waals surface area contributed by atoms with Crippen molar-refractivity contribution in [1.82, 2.24) is 10.3 Å². The van der Waals surface area contributed by atoms with Crippen LogP contribution in [0.5, 0.6) is 0 Å². The first kappa shape index (κ1) is 14.2. The van der Waals surface area contributed by atoms with Gasteiger partial charge < -0.3 is 9.73 Å². The molecule has 0 amide bonds. The van der Waals surface area contributed by atoms with Gasteiger partial charge in [-0.25, -0.2) is 9.37 Å². The summed E-state index contributed by atoms with van der Waals surface area (Å²) in [6.07, 6.45) is 2.72. The number of nitrogens with zero attached hydrogens (tertiary/aromatic N) is 1. The molecular weight excluding hydrogens is 311 g/mol. The lowest BCUT2D eigenvalue weighted by atomic mass is 10.2. The summed E-state index contributed by atoms with van der Waals surface area (Å²) in [4.78, 5) is 4.26. The van der Waals surface area contributed by atoms with Gasteiger partial charge in [0.05, 0.1) is 16.7 Å². The molecule has 3 nitrogen and oxygen atoms in total. The van der Waals surface area contributed by atoms with Crippen molar-refractivity contribution >= 4 is 15.9 Å². The van der Waals surface area contributed by atoms with Crippen molar-refractivity contribution in [2.75, 3.05) is 6.54 Å². The zero-order valence-electron chi connectivity index (χ0n) is 10.9. The number of oxazole rings is 1. The monoisotopic (exact) mass is 326 g/mol. The van der Waals surface area contributed by atoms with Gasteiger partial charge in [0, 0.05) is 5.56 Å². The summed E-state index contributed by atoms with van der Waals surface area (Å²) in [6, 6.07) is 4.83. The third kappa shape index (κ3) is 3.42. The Morgan fingerprint density at radius 2 is 2.26 bits per heavy atom. The van der Waals surface area contributed by atoms with Crippen LogP contribution in [0.1, 0.15) is 32.2 Å². The van der Waals surface area contributed by atoms with Crippen LogP contribution in [0.15, 0.2) is 33.3 Å². The fourth-order valence-electron chi connectivity index (χ4n) is 1.72. The van der Waals surface area contributed by atoms with Crippen LogP contribution in [0.2, 0.25) is 0 Å². The van der Waals surface area contributed by atoms with Crippen LogP contribution in [0.4, 0.5) is 4.39 Å². The van der Waals surface area contributed by atoms with E-state index in [1.165, 1.54) is 6.07 Å². The quantitative estimate of drug-likeness (QED) is 0.889. The second-order valence-corrected chi connectivity index (χ2v) is 5.22. The highest BCUT2D eigenvalue weighted by molar-refractivity contribution is 9.10. The van der Waals surface area contributed by atoms with Gasteiger partial charge in [-0.2, -0.15) is 0 Å². The van der Waals surface area contributed by atoms with E-state index in [1.54, 1.807) is 18.3 Å². The molecule has 102 valence electrons. The van der Waals surface area contributed by atoms with Crippen molar-refractivity contribution in [2.45, 2.75) is 26.3 Å². The van der Waals surface area contributed by atoms with E-state index in [0.717, 1.165) is 18.5 Å². The second kappa shape index (κ2) is 6.30. The fourth-order valence-corrected chi connectivity index (χ4v) is 2.10. The van der Waals surface area contributed by atoms with E-state index in [1.807, 2.05) is 6.92 Å². The molecule has 1 unspecified atom stereocenters. The predicted octanol–water partition coefficient (Wildman–Crippen LogP) is 4.30. The molecule has 0 fully saturated rings. The van der Waals surface area contributed by atoms with E-state index in [9.17, 15) is 4.39 Å². The summed E-state index contributed by atoms with van der Waals surface area (Å²) < 4.78 is 19.3. The van der Waals surface area contributed by atoms with Crippen LogP contribution >= 0.6 is 15.9 Å². The number of aromatic nitrogens is 1. The topological polar surface area (TPSA) is 38.1 Å². The van der Waals surface area contributed by atoms with Gasteiger partial charge in [-0.15, -0.1) is 0 Å². The van der Waals surface area contributed by atoms with Crippen molar-refractivity contribution in [3.8, 4) is 11.3 Å². The minimum atomic E-state index is -0.290. The molecule has 0 saturated carbocycles. The summed E-state index contributed by atoms with van der Waals surface area (Å²) in [5.74, 6) is 0.992. The van der Waals surface area contributed by atoms with Crippen LogP contribution in [0.3, 0.4) is 0 Å². The average Bonchev–Trinajstić information content (AvgIpc) is 2.89. The maximum atomic E-state index is 13.2. The minimum Gasteiger partial charge on any atom is -0.439 e. The fraction of sp³-hybridized carbons (Fsp3) is 0.357. The molecule has 0 aliphatic heterocycles. The Labute approximate surface area is 120 Å². The normalized spacial score (nSPS) is 12.6. The van der Waals surface area contributed by atoms with E-state index >= 15 is 0 Å². The molecule has 0 aliphatic carbocycles. The summed E-state index contributed by atoms with van der Waals surface area (Å²) in [7, 11) is 0. The molecule has 1 aromatic heterocycles. The van der Waals surface area contributed by atoms with Gasteiger partial charge in [0.1, 0.15) is 5.82 Å². The van der Waals surface area contributed by atoms with E-state index < -0.39 is 0 Å². The molecule has 1 heterocycles. The Kier molecular flexibility index (Phi) is 4.71. The van der Waals surface area contributed by atoms with Crippen molar-refractivity contribution in [1.29, 1.82) is 0 Å². The summed E-state index contributed by atoms with van der Waals surface area (Å²) in [5, 5.41) is 3.31. The Balaban J connectivity index is 2.18. The molecule has 1 N–H and O–H groups in total. The van der Waals surface area contributed by atoms with Gasteiger partial charge in [0.25, 0.3) is 0 Å². The molecular formula is C14H16BrFN2O. The first-order valence-corrected chi connectivity index (χ1v) is 7.05. The van der Waals surface area contributed by atoms with Crippen molar-refractivity contribution in [3.05, 3.63) is 40.6 Å². The lowest BCUT2D eigenvalue weighted by Gasteiger charge is -2.08. The number of hydrogen-bond donors (Lipinski definition) is 1. The largest absolute Gasteiger partial charge is 0.439 e. The first-order chi connectivity index (χ1) is 9.11. The third-order valence-electron chi connectivity index (χ3n) is 2.80. The van der Waals surface area contributed by atoms with Gasteiger partial charge in [0.2, 0.25) is 5.89 Å². The molecule has 1 atom stereocenters. The molecule has 1 aromatic carbocycles. The molecule has 0 saturated heterocycles. The Morgan fingerprint density at radius 1 is 1.47 bits per heavy atom. The zero-order valence-corrected chi connectivity index (χ0v) is 12.5. The van der Waals surface area contributed by atoms with Crippen LogP contribution < -0.4 is 5.32 Å². The highest BCUT2D eigenvalue weighted by Gasteiger charge is 2.13. The lowest BCUT2D eigenvalue weighted by molar-refractivity contribution is 0.423. The van der Waals surface area contributed by atoms with Crippen molar-refractivity contribution < 1.29 is 8.81 Å². The molecule has 5 heteroatoms. The summed E-state index contributed by atoms with van der Waals surface area (Å²) in [5.41, 5.74) is 0.801. The van der Waals surface area contributed by atoms with Gasteiger partial charge in [-0.05, 0) is 54.0 Å². The second-order valence-electron chi connectivity index (χ2n) is 4.37. The maximum Gasteiger partial charge on any atom is 0.211 e. The third-order valence-corrected chi connectivity index (χ3v) is 3.41. The molecule has 0 radical (unpaired) electrons. The van der Waals surface area contributed by atoms with Gasteiger partial charge in [0.15, 0.2) is 5.76 Å². The van der Waals surface area contributed by atoms with Crippen LogP contribution in [0.25, 0.3) is 11.3 Å². The van der Waals surface area contributed by atoms with Crippen LogP contribution in [-0.4, -0.2) is 11.5 Å². The smallest absolute Gasteiger partial charge is 0.211 e. The first-order valence-electron chi connectivity index (χ1n) is 6.26. The molecule has 19 heavy (non-hydrogen) atoms. The molecule has 0 spiro atoms. The zero-order chi connectivity index (χ0) is 13.8. The molecule has 0 bridgehead atoms. The number of benzene rings is 1.